The molecule has 3 N–H and O–H groups in total. The fraction of sp³-hybridized carbons (Fsp3) is 0.471. The number of carbonyl (C=O) groups excluding carboxylic acids is 1. The van der Waals surface area contributed by atoms with Crippen molar-refractivity contribution in [1.82, 2.24) is 9.80 Å². The maximum Gasteiger partial charge on any atom is 0.335 e. The first-order chi connectivity index (χ1) is 22.4. The number of hydrogen-bond acceptors (Lipinski definition) is 9. The summed E-state index contributed by atoms with van der Waals surface area (Å²) in [7, 11) is -1.88. The normalized spacial score (nSPS) is 20.6. The number of amides is 1. The lowest BCUT2D eigenvalue weighted by molar-refractivity contribution is -0.0177. The van der Waals surface area contributed by atoms with Crippen LogP contribution in [0.15, 0.2) is 64.2 Å². The molecule has 11 nitrogen and oxygen atoms in total. The Morgan fingerprint density at radius 2 is 1.89 bits per heavy atom. The van der Waals surface area contributed by atoms with E-state index in [0.717, 1.165) is 36.2 Å². The Balaban J connectivity index is 1.61. The van der Waals surface area contributed by atoms with Crippen molar-refractivity contribution < 1.29 is 37.7 Å². The molecule has 0 saturated heterocycles. The molecule has 4 atom stereocenters. The van der Waals surface area contributed by atoms with Crippen LogP contribution in [-0.2, 0) is 21.3 Å². The zero-order chi connectivity index (χ0) is 34.1. The number of nitrogens with zero attached hydrogens (tertiary/aromatic N) is 2. The van der Waals surface area contributed by atoms with Crippen LogP contribution >= 0.6 is 11.3 Å². The van der Waals surface area contributed by atoms with E-state index in [1.165, 1.54) is 12.1 Å². The van der Waals surface area contributed by atoms with Gasteiger partial charge >= 0.3 is 5.97 Å². The fourth-order valence-electron chi connectivity index (χ4n) is 5.51. The maximum atomic E-state index is 14.3. The van der Waals surface area contributed by atoms with Crippen LogP contribution < -0.4 is 9.46 Å². The summed E-state index contributed by atoms with van der Waals surface area (Å²) in [5.41, 5.74) is 1.63. The van der Waals surface area contributed by atoms with Crippen LogP contribution in [0.4, 0.5) is 5.69 Å². The molecule has 47 heavy (non-hydrogen) atoms. The van der Waals surface area contributed by atoms with Gasteiger partial charge in [-0.1, -0.05) is 25.1 Å². The van der Waals surface area contributed by atoms with Crippen molar-refractivity contribution >= 4 is 38.9 Å². The van der Waals surface area contributed by atoms with E-state index >= 15 is 0 Å². The van der Waals surface area contributed by atoms with Crippen LogP contribution in [0.5, 0.6) is 5.75 Å². The molecular weight excluding hydrogens is 643 g/mol. The third-order valence-corrected chi connectivity index (χ3v) is 11.0. The molecule has 0 fully saturated rings. The highest BCUT2D eigenvalue weighted by Gasteiger charge is 2.31. The van der Waals surface area contributed by atoms with Gasteiger partial charge in [-0.25, -0.2) is 13.2 Å². The molecule has 1 aliphatic heterocycles. The number of aliphatic hydroxyl groups is 1. The van der Waals surface area contributed by atoms with Gasteiger partial charge in [-0.15, -0.1) is 11.3 Å². The predicted molar refractivity (Wildman–Crippen MR) is 182 cm³/mol. The van der Waals surface area contributed by atoms with E-state index in [0.29, 0.717) is 25.4 Å². The number of rotatable bonds is 10. The Morgan fingerprint density at radius 1 is 1.15 bits per heavy atom. The number of aromatic carboxylic acids is 1. The molecule has 0 aliphatic carbocycles. The highest BCUT2D eigenvalue weighted by atomic mass is 32.2. The first-order valence-electron chi connectivity index (χ1n) is 15.8. The van der Waals surface area contributed by atoms with Gasteiger partial charge in [0, 0.05) is 37.8 Å². The van der Waals surface area contributed by atoms with Gasteiger partial charge in [0.2, 0.25) is 0 Å². The number of nitrogens with one attached hydrogen (secondary N) is 1. The molecule has 4 rings (SSSR count). The number of hydrogen-bond donors (Lipinski definition) is 3. The minimum Gasteiger partial charge on any atom is -0.490 e. The molecule has 256 valence electrons. The Labute approximate surface area is 281 Å². The first-order valence-corrected chi connectivity index (χ1v) is 18.2. The van der Waals surface area contributed by atoms with E-state index in [-0.39, 0.29) is 58.2 Å². The van der Waals surface area contributed by atoms with Gasteiger partial charge < -0.3 is 24.6 Å². The van der Waals surface area contributed by atoms with Gasteiger partial charge in [-0.3, -0.25) is 14.4 Å². The monoisotopic (exact) mass is 687 g/mol. The van der Waals surface area contributed by atoms with E-state index in [1.54, 1.807) is 59.7 Å². The van der Waals surface area contributed by atoms with Gasteiger partial charge in [0.25, 0.3) is 15.9 Å². The van der Waals surface area contributed by atoms with Gasteiger partial charge in [0.1, 0.15) is 9.96 Å². The van der Waals surface area contributed by atoms with Crippen LogP contribution in [-0.4, -0.2) is 91.9 Å². The van der Waals surface area contributed by atoms with Crippen LogP contribution in [0.3, 0.4) is 0 Å². The highest BCUT2D eigenvalue weighted by Crippen LogP contribution is 2.30. The first kappa shape index (κ1) is 36.3. The number of carbonyl (C=O) groups is 2. The summed E-state index contributed by atoms with van der Waals surface area (Å²) in [4.78, 5) is 29.3. The van der Waals surface area contributed by atoms with Crippen LogP contribution in [0.25, 0.3) is 0 Å². The summed E-state index contributed by atoms with van der Waals surface area (Å²) in [5.74, 6) is -1.15. The summed E-state index contributed by atoms with van der Waals surface area (Å²) in [6.45, 7) is 7.39. The molecule has 0 radical (unpaired) electrons. The average molecular weight is 688 g/mol. The summed E-state index contributed by atoms with van der Waals surface area (Å²) < 4.78 is 41.4. The predicted octanol–water partition coefficient (Wildman–Crippen LogP) is 5.17. The number of aliphatic hydroxyl groups excluding tert-OH is 1. The number of anilines is 1. The van der Waals surface area contributed by atoms with E-state index in [9.17, 15) is 28.2 Å². The van der Waals surface area contributed by atoms with Gasteiger partial charge in [0.05, 0.1) is 36.0 Å². The van der Waals surface area contributed by atoms with Crippen LogP contribution in [0, 0.1) is 5.92 Å². The molecule has 0 bridgehead atoms. The van der Waals surface area contributed by atoms with Gasteiger partial charge in [-0.05, 0) is 87.5 Å². The molecule has 1 amide bonds. The number of benzene rings is 2. The summed E-state index contributed by atoms with van der Waals surface area (Å²) >= 11 is 1.10. The zero-order valence-electron chi connectivity index (χ0n) is 27.3. The van der Waals surface area contributed by atoms with Crippen LogP contribution in [0.2, 0.25) is 0 Å². The maximum absolute atomic E-state index is 14.3. The largest absolute Gasteiger partial charge is 0.490 e. The van der Waals surface area contributed by atoms with Crippen molar-refractivity contribution in [3.8, 4) is 5.75 Å². The summed E-state index contributed by atoms with van der Waals surface area (Å²) in [6, 6.07) is 14.1. The smallest absolute Gasteiger partial charge is 0.335 e. The fourth-order valence-corrected chi connectivity index (χ4v) is 7.55. The van der Waals surface area contributed by atoms with Crippen molar-refractivity contribution in [2.75, 3.05) is 38.1 Å². The van der Waals surface area contributed by atoms with Gasteiger partial charge in [0.15, 0.2) is 0 Å². The molecule has 1 aromatic heterocycles. The van der Waals surface area contributed by atoms with Crippen molar-refractivity contribution in [2.24, 2.45) is 5.92 Å². The second kappa shape index (κ2) is 16.6. The average Bonchev–Trinajstić information content (AvgIpc) is 3.59. The summed E-state index contributed by atoms with van der Waals surface area (Å²) in [6.07, 6.45) is 1.94. The number of thiophene rings is 1. The molecule has 1 aliphatic rings. The standard InChI is InChI=1S/C34H45N3O8S2/c1-23-19-37(24(2)22-38)33(39)29-18-28(35-47(42,43)32-9-7-17-46-32)14-15-30(29)45-25(3)8-5-6-16-44-31(23)21-36(4)20-26-10-12-27(13-11-26)34(40)41/h7,9-15,17-18,23-25,31,35,38H,5-6,8,16,19-22H2,1-4H3,(H,40,41)/t23-,24-,25+,31-/m0/s1. The highest BCUT2D eigenvalue weighted by molar-refractivity contribution is 7.94. The Kier molecular flexibility index (Phi) is 12.8. The lowest BCUT2D eigenvalue weighted by Gasteiger charge is -2.36. The van der Waals surface area contributed by atoms with Crippen molar-refractivity contribution in [3.05, 3.63) is 76.7 Å². The number of sulfonamides is 1. The van der Waals surface area contributed by atoms with Gasteiger partial charge in [-0.2, -0.15) is 0 Å². The molecule has 13 heteroatoms. The number of likely N-dealkylation sites (N-methyl/N-ethyl adjacent to an activating group) is 1. The number of carboxylic acids is 1. The molecule has 2 heterocycles. The third-order valence-electron chi connectivity index (χ3n) is 8.21. The lowest BCUT2D eigenvalue weighted by Crippen LogP contribution is -2.47. The Bertz CT molecular complexity index is 1580. The number of fused-ring (bicyclic) bond motifs is 1. The SMILES string of the molecule is C[C@@H]1CCCCO[C@@H](CN(C)Cc2ccc(C(=O)O)cc2)[C@@H](C)CN([C@@H](C)CO)C(=O)c2cc(NS(=O)(=O)c3cccs3)ccc2O1. The second-order valence-electron chi connectivity index (χ2n) is 12.2. The molecule has 3 aromatic rings. The minimum atomic E-state index is -3.85. The van der Waals surface area contributed by atoms with Crippen molar-refractivity contribution in [1.29, 1.82) is 0 Å². The molecule has 2 aromatic carbocycles. The van der Waals surface area contributed by atoms with E-state index < -0.39 is 22.0 Å². The van der Waals surface area contributed by atoms with E-state index in [2.05, 4.69) is 9.62 Å². The number of carboxylic acid groups (broad SMARTS) is 1. The molecule has 0 spiro atoms. The van der Waals surface area contributed by atoms with Crippen molar-refractivity contribution in [3.63, 3.8) is 0 Å². The number of ether oxygens (including phenoxy) is 2. The third kappa shape index (κ3) is 10.0. The van der Waals surface area contributed by atoms with Crippen molar-refractivity contribution in [2.45, 2.75) is 69.0 Å². The topological polar surface area (TPSA) is 146 Å². The van der Waals surface area contributed by atoms with E-state index in [1.807, 2.05) is 20.9 Å². The molecule has 0 unspecified atom stereocenters. The molecule has 0 saturated carbocycles. The lowest BCUT2D eigenvalue weighted by atomic mass is 10.0. The zero-order valence-corrected chi connectivity index (χ0v) is 28.9. The Hall–Kier alpha value is -3.49. The summed E-state index contributed by atoms with van der Waals surface area (Å²) in [5, 5.41) is 21.1. The quantitative estimate of drug-likeness (QED) is 0.263. The second-order valence-corrected chi connectivity index (χ2v) is 15.1. The van der Waals surface area contributed by atoms with E-state index in [4.69, 9.17) is 9.47 Å². The molecular formula is C34H45N3O8S2. The minimum absolute atomic E-state index is 0.142. The van der Waals surface area contributed by atoms with Crippen LogP contribution in [0.1, 0.15) is 66.3 Å². The Morgan fingerprint density at radius 3 is 2.55 bits per heavy atom.